The van der Waals surface area contributed by atoms with Crippen LogP contribution in [0.4, 0.5) is 0 Å². The fraction of sp³-hybridized carbons (Fsp3) is 0.933. The van der Waals surface area contributed by atoms with Gasteiger partial charge >= 0.3 is 17.9 Å². The predicted molar refractivity (Wildman–Crippen MR) is 213 cm³/mol. The summed E-state index contributed by atoms with van der Waals surface area (Å²) in [6, 6.07) is 0. The number of rotatable bonds is 36. The van der Waals surface area contributed by atoms with Crippen LogP contribution in [-0.4, -0.2) is 36.2 Å². The van der Waals surface area contributed by atoms with Crippen LogP contribution in [0.5, 0.6) is 0 Å². The zero-order valence-electron chi connectivity index (χ0n) is 34.1. The SMILES string of the molecule is CCCCCCCCCCCCC(=O)OC1CC(OC(=O)CCCCCCCCCCCC)CC(OC(=O)CCCCCCCCCCCC)C1. The summed E-state index contributed by atoms with van der Waals surface area (Å²) in [6.07, 6.45) is 38.2. The summed E-state index contributed by atoms with van der Waals surface area (Å²) in [6.45, 7) is 6.75. The van der Waals surface area contributed by atoms with E-state index in [2.05, 4.69) is 20.8 Å². The third-order valence-electron chi connectivity index (χ3n) is 10.7. The predicted octanol–water partition coefficient (Wildman–Crippen LogP) is 13.8. The van der Waals surface area contributed by atoms with Crippen LogP contribution < -0.4 is 0 Å². The number of carbonyl (C=O) groups excluding carboxylic acids is 3. The molecule has 1 saturated carbocycles. The molecule has 0 atom stereocenters. The number of carbonyl (C=O) groups is 3. The van der Waals surface area contributed by atoms with Crippen LogP contribution >= 0.6 is 0 Å². The van der Waals surface area contributed by atoms with Gasteiger partial charge in [-0.05, 0) is 19.3 Å². The third-order valence-corrected chi connectivity index (χ3v) is 10.7. The fourth-order valence-corrected chi connectivity index (χ4v) is 7.46. The molecule has 0 amide bonds. The van der Waals surface area contributed by atoms with Crippen LogP contribution in [0.25, 0.3) is 0 Å². The first-order chi connectivity index (χ1) is 25.0. The van der Waals surface area contributed by atoms with Crippen LogP contribution in [0.1, 0.15) is 252 Å². The molecule has 1 rings (SSSR count). The highest BCUT2D eigenvalue weighted by atomic mass is 16.6. The Morgan fingerprint density at radius 2 is 0.490 bits per heavy atom. The van der Waals surface area contributed by atoms with Crippen molar-refractivity contribution in [3.8, 4) is 0 Å². The summed E-state index contributed by atoms with van der Waals surface area (Å²) in [5.74, 6) is -0.563. The second kappa shape index (κ2) is 35.4. The Kier molecular flexibility index (Phi) is 33.0. The van der Waals surface area contributed by atoms with Gasteiger partial charge in [-0.15, -0.1) is 0 Å². The molecule has 0 N–H and O–H groups in total. The maximum atomic E-state index is 12.8. The Bertz CT molecular complexity index is 702. The minimum absolute atomic E-state index is 0.188. The monoisotopic (exact) mass is 721 g/mol. The average Bonchev–Trinajstić information content (AvgIpc) is 3.10. The van der Waals surface area contributed by atoms with E-state index >= 15 is 0 Å². The Balaban J connectivity index is 2.42. The van der Waals surface area contributed by atoms with Crippen molar-refractivity contribution >= 4 is 17.9 Å². The Labute approximate surface area is 316 Å². The summed E-state index contributed by atoms with van der Waals surface area (Å²) in [5, 5.41) is 0. The van der Waals surface area contributed by atoms with E-state index in [0.29, 0.717) is 38.5 Å². The zero-order chi connectivity index (χ0) is 37.0. The summed E-state index contributed by atoms with van der Waals surface area (Å²) in [4.78, 5) is 38.4. The molecule has 1 fully saturated rings. The van der Waals surface area contributed by atoms with Crippen molar-refractivity contribution in [2.45, 2.75) is 270 Å². The summed E-state index contributed by atoms with van der Waals surface area (Å²) < 4.78 is 17.7. The molecule has 0 radical (unpaired) electrons. The molecule has 0 aromatic carbocycles. The fourth-order valence-electron chi connectivity index (χ4n) is 7.46. The van der Waals surface area contributed by atoms with Gasteiger partial charge in [0.2, 0.25) is 0 Å². The Morgan fingerprint density at radius 1 is 0.314 bits per heavy atom. The lowest BCUT2D eigenvalue weighted by Crippen LogP contribution is -2.40. The van der Waals surface area contributed by atoms with Gasteiger partial charge in [0.1, 0.15) is 18.3 Å². The molecule has 51 heavy (non-hydrogen) atoms. The summed E-state index contributed by atoms with van der Waals surface area (Å²) in [5.41, 5.74) is 0. The van der Waals surface area contributed by atoms with E-state index in [9.17, 15) is 14.4 Å². The van der Waals surface area contributed by atoms with Gasteiger partial charge < -0.3 is 14.2 Å². The van der Waals surface area contributed by atoms with Gasteiger partial charge in [0.25, 0.3) is 0 Å². The highest BCUT2D eigenvalue weighted by molar-refractivity contribution is 5.70. The van der Waals surface area contributed by atoms with Crippen molar-refractivity contribution in [3.63, 3.8) is 0 Å². The van der Waals surface area contributed by atoms with E-state index in [0.717, 1.165) is 38.5 Å². The molecule has 0 aliphatic heterocycles. The highest BCUT2D eigenvalue weighted by Crippen LogP contribution is 2.28. The van der Waals surface area contributed by atoms with E-state index in [1.807, 2.05) is 0 Å². The zero-order valence-corrected chi connectivity index (χ0v) is 34.1. The Morgan fingerprint density at radius 3 is 0.686 bits per heavy atom. The minimum atomic E-state index is -0.389. The topological polar surface area (TPSA) is 78.9 Å². The van der Waals surface area contributed by atoms with Gasteiger partial charge in [-0.3, -0.25) is 14.4 Å². The van der Waals surface area contributed by atoms with Gasteiger partial charge in [0, 0.05) is 38.5 Å². The highest BCUT2D eigenvalue weighted by Gasteiger charge is 2.35. The maximum Gasteiger partial charge on any atom is 0.306 e. The summed E-state index contributed by atoms with van der Waals surface area (Å²) in [7, 11) is 0. The molecule has 6 nitrogen and oxygen atoms in total. The van der Waals surface area contributed by atoms with E-state index in [4.69, 9.17) is 14.2 Å². The van der Waals surface area contributed by atoms with E-state index in [1.165, 1.54) is 154 Å². The lowest BCUT2D eigenvalue weighted by Gasteiger charge is -2.34. The van der Waals surface area contributed by atoms with E-state index in [1.54, 1.807) is 0 Å². The molecule has 6 heteroatoms. The largest absolute Gasteiger partial charge is 0.462 e. The van der Waals surface area contributed by atoms with Gasteiger partial charge in [-0.2, -0.15) is 0 Å². The molecular formula is C45H84O6. The van der Waals surface area contributed by atoms with Crippen molar-refractivity contribution in [3.05, 3.63) is 0 Å². The van der Waals surface area contributed by atoms with E-state index < -0.39 is 0 Å². The number of hydrogen-bond donors (Lipinski definition) is 0. The van der Waals surface area contributed by atoms with Crippen molar-refractivity contribution < 1.29 is 28.6 Å². The van der Waals surface area contributed by atoms with Crippen molar-refractivity contribution in [2.24, 2.45) is 0 Å². The quantitative estimate of drug-likeness (QED) is 0.0364. The van der Waals surface area contributed by atoms with Crippen LogP contribution in [0, 0.1) is 0 Å². The first-order valence-electron chi connectivity index (χ1n) is 22.6. The van der Waals surface area contributed by atoms with Gasteiger partial charge in [-0.25, -0.2) is 0 Å². The van der Waals surface area contributed by atoms with Crippen molar-refractivity contribution in [2.75, 3.05) is 0 Å². The number of hydrogen-bond acceptors (Lipinski definition) is 6. The minimum Gasteiger partial charge on any atom is -0.462 e. The number of ether oxygens (including phenoxy) is 3. The van der Waals surface area contributed by atoms with Gasteiger partial charge in [0.15, 0.2) is 0 Å². The van der Waals surface area contributed by atoms with Gasteiger partial charge in [0.05, 0.1) is 0 Å². The van der Waals surface area contributed by atoms with Gasteiger partial charge in [-0.1, -0.05) is 194 Å². The van der Waals surface area contributed by atoms with Crippen molar-refractivity contribution in [1.29, 1.82) is 0 Å². The molecule has 0 heterocycles. The maximum absolute atomic E-state index is 12.8. The number of unbranched alkanes of at least 4 members (excludes halogenated alkanes) is 27. The molecule has 300 valence electrons. The van der Waals surface area contributed by atoms with Crippen LogP contribution in [0.3, 0.4) is 0 Å². The van der Waals surface area contributed by atoms with Crippen LogP contribution in [0.2, 0.25) is 0 Å². The van der Waals surface area contributed by atoms with Crippen LogP contribution in [-0.2, 0) is 28.6 Å². The smallest absolute Gasteiger partial charge is 0.306 e. The molecule has 0 aromatic rings. The second-order valence-corrected chi connectivity index (χ2v) is 15.8. The molecule has 0 aromatic heterocycles. The molecule has 1 aliphatic carbocycles. The number of esters is 3. The standard InChI is InChI=1S/C45H84O6/c1-4-7-10-13-16-19-22-25-28-31-34-43(46)49-40-37-41(50-44(47)35-32-29-26-23-20-17-14-11-8-5-2)39-42(38-40)51-45(48)36-33-30-27-24-21-18-15-12-9-6-3/h40-42H,4-39H2,1-3H3. The lowest BCUT2D eigenvalue weighted by molar-refractivity contribution is -0.169. The van der Waals surface area contributed by atoms with Crippen LogP contribution in [0.15, 0.2) is 0 Å². The Hall–Kier alpha value is -1.59. The molecular weight excluding hydrogens is 636 g/mol. The first-order valence-corrected chi connectivity index (χ1v) is 22.6. The molecule has 0 spiro atoms. The average molecular weight is 721 g/mol. The summed E-state index contributed by atoms with van der Waals surface area (Å²) >= 11 is 0. The second-order valence-electron chi connectivity index (χ2n) is 15.8. The van der Waals surface area contributed by atoms with Crippen molar-refractivity contribution in [1.82, 2.24) is 0 Å². The molecule has 0 bridgehead atoms. The molecule has 1 aliphatic rings. The molecule has 0 saturated heterocycles. The molecule has 0 unspecified atom stereocenters. The lowest BCUT2D eigenvalue weighted by atomic mass is 9.92. The normalized spacial score (nSPS) is 17.4. The first kappa shape index (κ1) is 47.4. The van der Waals surface area contributed by atoms with E-state index in [-0.39, 0.29) is 36.2 Å². The third kappa shape index (κ3) is 30.6.